The van der Waals surface area contributed by atoms with Gasteiger partial charge in [-0.05, 0) is 42.9 Å². The minimum Gasteiger partial charge on any atom is -0.368 e. The van der Waals surface area contributed by atoms with Crippen molar-refractivity contribution < 1.29 is 22.8 Å². The predicted molar refractivity (Wildman–Crippen MR) is 104 cm³/mol. The topological polar surface area (TPSA) is 90.4 Å². The van der Waals surface area contributed by atoms with Gasteiger partial charge in [0.15, 0.2) is 0 Å². The second kappa shape index (κ2) is 7.82. The van der Waals surface area contributed by atoms with Crippen molar-refractivity contribution in [3.05, 3.63) is 29.3 Å². The second-order valence-corrected chi connectivity index (χ2v) is 8.57. The van der Waals surface area contributed by atoms with Crippen LogP contribution in [0.15, 0.2) is 18.2 Å². The van der Waals surface area contributed by atoms with Crippen molar-refractivity contribution >= 4 is 17.5 Å². The Balaban J connectivity index is 1.87. The molecule has 2 fully saturated rings. The van der Waals surface area contributed by atoms with Gasteiger partial charge in [0, 0.05) is 31.2 Å². The molecule has 9 heteroatoms. The highest BCUT2D eigenvalue weighted by Crippen LogP contribution is 2.46. The molecule has 0 bridgehead atoms. The van der Waals surface area contributed by atoms with Crippen LogP contribution in [0.2, 0.25) is 0 Å². The molecule has 1 aromatic carbocycles. The first-order chi connectivity index (χ1) is 14.0. The summed E-state index contributed by atoms with van der Waals surface area (Å²) in [6.07, 6.45) is -2.92. The summed E-state index contributed by atoms with van der Waals surface area (Å²) in [5.74, 6) is -0.615. The van der Waals surface area contributed by atoms with Gasteiger partial charge in [-0.25, -0.2) is 0 Å². The predicted octanol–water partition coefficient (Wildman–Crippen LogP) is 2.91. The lowest BCUT2D eigenvalue weighted by Gasteiger charge is -2.40. The molecule has 1 atom stereocenters. The van der Waals surface area contributed by atoms with E-state index in [1.807, 2.05) is 13.8 Å². The maximum atomic E-state index is 13.4. The average molecular weight is 422 g/mol. The van der Waals surface area contributed by atoms with Gasteiger partial charge in [-0.1, -0.05) is 13.8 Å². The van der Waals surface area contributed by atoms with E-state index < -0.39 is 29.3 Å². The number of piperidine rings is 1. The fraction of sp³-hybridized carbons (Fsp3) is 0.571. The molecule has 1 aromatic rings. The highest BCUT2D eigenvalue weighted by atomic mass is 19.4. The van der Waals surface area contributed by atoms with E-state index in [2.05, 4.69) is 0 Å². The largest absolute Gasteiger partial charge is 0.417 e. The van der Waals surface area contributed by atoms with Crippen LogP contribution >= 0.6 is 0 Å². The van der Waals surface area contributed by atoms with Crippen LogP contribution in [0.1, 0.15) is 44.2 Å². The quantitative estimate of drug-likeness (QED) is 0.811. The third-order valence-corrected chi connectivity index (χ3v) is 6.23. The van der Waals surface area contributed by atoms with Gasteiger partial charge in [-0.15, -0.1) is 0 Å². The molecule has 2 aliphatic heterocycles. The molecule has 2 amide bonds. The monoisotopic (exact) mass is 422 g/mol. The van der Waals surface area contributed by atoms with Gasteiger partial charge in [0.2, 0.25) is 11.8 Å². The van der Waals surface area contributed by atoms with Gasteiger partial charge in [0.1, 0.15) is 6.04 Å². The van der Waals surface area contributed by atoms with Gasteiger partial charge in [-0.2, -0.15) is 18.4 Å². The van der Waals surface area contributed by atoms with Crippen molar-refractivity contribution in [3.8, 4) is 6.07 Å². The number of nitrogens with two attached hydrogens (primary N) is 1. The molecule has 0 aromatic heterocycles. The number of halogens is 3. The number of carbonyl (C=O) groups is 2. The van der Waals surface area contributed by atoms with E-state index in [1.165, 1.54) is 6.07 Å². The number of likely N-dealkylation sites (tertiary alicyclic amines) is 1. The number of nitriles is 1. The standard InChI is InChI=1S/C21H25F3N4O2/c1-13(2)19(30)27-7-5-20(6-8-27)10-17(18(26)29)28(12-20)15-4-3-14(11-25)16(9-15)21(22,23)24/h3-4,9,13,17H,5-8,10,12H2,1-2H3,(H2,26,29). The number of rotatable bonds is 3. The molecule has 3 rings (SSSR count). The molecule has 30 heavy (non-hydrogen) atoms. The van der Waals surface area contributed by atoms with Gasteiger partial charge in [-0.3, -0.25) is 9.59 Å². The van der Waals surface area contributed by atoms with Crippen molar-refractivity contribution in [2.24, 2.45) is 17.1 Å². The number of anilines is 1. The Labute approximate surface area is 173 Å². The van der Waals surface area contributed by atoms with Crippen LogP contribution in [-0.4, -0.2) is 42.4 Å². The first-order valence-corrected chi connectivity index (χ1v) is 9.93. The molecule has 0 radical (unpaired) electrons. The molecule has 2 aliphatic rings. The average Bonchev–Trinajstić information content (AvgIpc) is 3.06. The summed E-state index contributed by atoms with van der Waals surface area (Å²) in [6, 6.07) is 4.32. The Morgan fingerprint density at radius 3 is 2.40 bits per heavy atom. The zero-order valence-electron chi connectivity index (χ0n) is 17.0. The van der Waals surface area contributed by atoms with Crippen LogP contribution in [-0.2, 0) is 15.8 Å². The van der Waals surface area contributed by atoms with Gasteiger partial charge in [0.25, 0.3) is 0 Å². The van der Waals surface area contributed by atoms with Crippen LogP contribution in [0.3, 0.4) is 0 Å². The van der Waals surface area contributed by atoms with Crippen LogP contribution in [0, 0.1) is 22.7 Å². The maximum absolute atomic E-state index is 13.4. The Bertz CT molecular complexity index is 883. The summed E-state index contributed by atoms with van der Waals surface area (Å²) in [6.45, 7) is 5.18. The van der Waals surface area contributed by atoms with Gasteiger partial charge >= 0.3 is 6.18 Å². The summed E-state index contributed by atoms with van der Waals surface area (Å²) in [5, 5.41) is 9.02. The van der Waals surface area contributed by atoms with Crippen LogP contribution < -0.4 is 10.6 Å². The Kier molecular flexibility index (Phi) is 5.72. The molecule has 1 spiro atoms. The smallest absolute Gasteiger partial charge is 0.368 e. The third kappa shape index (κ3) is 4.09. The zero-order valence-corrected chi connectivity index (χ0v) is 17.0. The summed E-state index contributed by atoms with van der Waals surface area (Å²) in [7, 11) is 0. The first-order valence-electron chi connectivity index (χ1n) is 9.93. The molecule has 6 nitrogen and oxygen atoms in total. The summed E-state index contributed by atoms with van der Waals surface area (Å²) < 4.78 is 40.2. The van der Waals surface area contributed by atoms with Gasteiger partial charge < -0.3 is 15.5 Å². The Hall–Kier alpha value is -2.76. The summed E-state index contributed by atoms with van der Waals surface area (Å²) in [5.41, 5.74) is 4.04. The highest BCUT2D eigenvalue weighted by Gasteiger charge is 2.48. The number of hydrogen-bond donors (Lipinski definition) is 1. The van der Waals surface area contributed by atoms with Gasteiger partial charge in [0.05, 0.1) is 17.2 Å². The number of primary amides is 1. The molecule has 0 saturated carbocycles. The lowest BCUT2D eigenvalue weighted by molar-refractivity contribution is -0.138. The molecule has 2 saturated heterocycles. The molecular weight excluding hydrogens is 397 g/mol. The molecule has 162 valence electrons. The fourth-order valence-corrected chi connectivity index (χ4v) is 4.55. The lowest BCUT2D eigenvalue weighted by Crippen LogP contribution is -2.45. The van der Waals surface area contributed by atoms with E-state index in [-0.39, 0.29) is 22.9 Å². The number of carbonyl (C=O) groups excluding carboxylic acids is 2. The highest BCUT2D eigenvalue weighted by molar-refractivity contribution is 5.85. The van der Waals surface area contributed by atoms with Crippen molar-refractivity contribution in [1.29, 1.82) is 5.26 Å². The first kappa shape index (κ1) is 21.9. The lowest BCUT2D eigenvalue weighted by atomic mass is 9.76. The maximum Gasteiger partial charge on any atom is 0.417 e. The third-order valence-electron chi connectivity index (χ3n) is 6.23. The van der Waals surface area contributed by atoms with Crippen molar-refractivity contribution in [2.45, 2.75) is 45.3 Å². The molecule has 2 N–H and O–H groups in total. The number of nitrogens with zero attached hydrogens (tertiary/aromatic N) is 3. The van der Waals surface area contributed by atoms with Crippen molar-refractivity contribution in [3.63, 3.8) is 0 Å². The van der Waals surface area contributed by atoms with Crippen LogP contribution in [0.4, 0.5) is 18.9 Å². The molecule has 2 heterocycles. The summed E-state index contributed by atoms with van der Waals surface area (Å²) in [4.78, 5) is 27.8. The van der Waals surface area contributed by atoms with E-state index >= 15 is 0 Å². The summed E-state index contributed by atoms with van der Waals surface area (Å²) >= 11 is 0. The van der Waals surface area contributed by atoms with E-state index in [4.69, 9.17) is 11.0 Å². The number of benzene rings is 1. The molecule has 1 unspecified atom stereocenters. The second-order valence-electron chi connectivity index (χ2n) is 8.57. The van der Waals surface area contributed by atoms with E-state index in [0.717, 1.165) is 12.1 Å². The van der Waals surface area contributed by atoms with E-state index in [1.54, 1.807) is 15.9 Å². The number of alkyl halides is 3. The Morgan fingerprint density at radius 2 is 1.90 bits per heavy atom. The number of hydrogen-bond acceptors (Lipinski definition) is 4. The fourth-order valence-electron chi connectivity index (χ4n) is 4.55. The van der Waals surface area contributed by atoms with Crippen LogP contribution in [0.5, 0.6) is 0 Å². The van der Waals surface area contributed by atoms with Crippen LogP contribution in [0.25, 0.3) is 0 Å². The van der Waals surface area contributed by atoms with E-state index in [0.29, 0.717) is 38.9 Å². The zero-order chi connectivity index (χ0) is 22.3. The number of amides is 2. The van der Waals surface area contributed by atoms with Crippen molar-refractivity contribution in [2.75, 3.05) is 24.5 Å². The molecule has 0 aliphatic carbocycles. The van der Waals surface area contributed by atoms with E-state index in [9.17, 15) is 22.8 Å². The Morgan fingerprint density at radius 1 is 1.27 bits per heavy atom. The molecular formula is C21H25F3N4O2. The van der Waals surface area contributed by atoms with Crippen molar-refractivity contribution in [1.82, 2.24) is 4.90 Å². The SMILES string of the molecule is CC(C)C(=O)N1CCC2(CC1)CC(C(N)=O)N(c1ccc(C#N)c(C(F)(F)F)c1)C2. The normalized spacial score (nSPS) is 21.2. The minimum absolute atomic E-state index is 0.0769. The minimum atomic E-state index is -4.68.